The van der Waals surface area contributed by atoms with Crippen molar-refractivity contribution in [1.29, 1.82) is 0 Å². The topological polar surface area (TPSA) is 104 Å². The number of sulfonamides is 2. The van der Waals surface area contributed by atoms with E-state index in [4.69, 9.17) is 0 Å². The van der Waals surface area contributed by atoms with Crippen molar-refractivity contribution < 1.29 is 21.6 Å². The lowest BCUT2D eigenvalue weighted by Crippen LogP contribution is -2.36. The van der Waals surface area contributed by atoms with Crippen LogP contribution in [0.15, 0.2) is 52.3 Å². The van der Waals surface area contributed by atoms with Crippen LogP contribution in [0.2, 0.25) is 0 Å². The van der Waals surface area contributed by atoms with Crippen LogP contribution in [-0.2, 0) is 20.0 Å². The van der Waals surface area contributed by atoms with Gasteiger partial charge in [-0.05, 0) is 61.7 Å². The highest BCUT2D eigenvalue weighted by Crippen LogP contribution is 2.25. The summed E-state index contributed by atoms with van der Waals surface area (Å²) in [5, 5.41) is 2.72. The Morgan fingerprint density at radius 1 is 0.939 bits per heavy atom. The van der Waals surface area contributed by atoms with Crippen molar-refractivity contribution in [1.82, 2.24) is 8.61 Å². The molecule has 180 valence electrons. The standard InChI is InChI=1S/C23H31N3O5S2/c1-4-25(5-2)32(28,29)21-13-11-20(12-14-21)24-23(27)19-10-9-18(3)22(17-19)33(30,31)26-15-7-6-8-16-26/h9-14,17H,4-8,15-16H2,1-3H3,(H,24,27). The van der Waals surface area contributed by atoms with Crippen LogP contribution in [0.1, 0.15) is 49.0 Å². The van der Waals surface area contributed by atoms with Gasteiger partial charge in [-0.1, -0.05) is 26.3 Å². The fourth-order valence-electron chi connectivity index (χ4n) is 3.89. The molecule has 1 fully saturated rings. The summed E-state index contributed by atoms with van der Waals surface area (Å²) < 4.78 is 54.3. The fraction of sp³-hybridized carbons (Fsp3) is 0.435. The molecule has 3 rings (SSSR count). The number of hydrogen-bond acceptors (Lipinski definition) is 5. The first-order valence-electron chi connectivity index (χ1n) is 11.1. The number of carbonyl (C=O) groups excluding carboxylic acids is 1. The van der Waals surface area contributed by atoms with Crippen molar-refractivity contribution in [3.8, 4) is 0 Å². The number of piperidine rings is 1. The summed E-state index contributed by atoms with van der Waals surface area (Å²) in [5.41, 5.74) is 1.22. The van der Waals surface area contributed by atoms with Gasteiger partial charge in [0.2, 0.25) is 20.0 Å². The molecule has 2 aromatic carbocycles. The number of carbonyl (C=O) groups is 1. The first kappa shape index (κ1) is 25.4. The molecule has 8 nitrogen and oxygen atoms in total. The minimum Gasteiger partial charge on any atom is -0.322 e. The Morgan fingerprint density at radius 3 is 2.12 bits per heavy atom. The molecule has 1 N–H and O–H groups in total. The predicted molar refractivity (Wildman–Crippen MR) is 128 cm³/mol. The lowest BCUT2D eigenvalue weighted by molar-refractivity contribution is 0.102. The molecule has 1 amide bonds. The van der Waals surface area contributed by atoms with E-state index in [0.29, 0.717) is 37.4 Å². The van der Waals surface area contributed by atoms with Crippen LogP contribution >= 0.6 is 0 Å². The number of nitrogens with zero attached hydrogens (tertiary/aromatic N) is 2. The fourth-order valence-corrected chi connectivity index (χ4v) is 7.12. The number of nitrogens with one attached hydrogen (secondary N) is 1. The summed E-state index contributed by atoms with van der Waals surface area (Å²) in [7, 11) is -7.26. The summed E-state index contributed by atoms with van der Waals surface area (Å²) in [6.07, 6.45) is 2.68. The van der Waals surface area contributed by atoms with Gasteiger partial charge in [0.25, 0.3) is 5.91 Å². The van der Waals surface area contributed by atoms with Gasteiger partial charge in [-0.15, -0.1) is 0 Å². The van der Waals surface area contributed by atoms with E-state index in [1.54, 1.807) is 32.9 Å². The number of anilines is 1. The molecule has 0 saturated carbocycles. The maximum absolute atomic E-state index is 13.1. The van der Waals surface area contributed by atoms with Gasteiger partial charge in [0.15, 0.2) is 0 Å². The molecule has 1 saturated heterocycles. The van der Waals surface area contributed by atoms with Crippen LogP contribution in [0, 0.1) is 6.92 Å². The Bertz CT molecular complexity index is 1200. The van der Waals surface area contributed by atoms with Gasteiger partial charge < -0.3 is 5.32 Å². The summed E-state index contributed by atoms with van der Waals surface area (Å²) in [6, 6.07) is 10.6. The van der Waals surface area contributed by atoms with Gasteiger partial charge in [0.05, 0.1) is 9.79 Å². The van der Waals surface area contributed by atoms with Gasteiger partial charge in [0.1, 0.15) is 0 Å². The maximum Gasteiger partial charge on any atom is 0.255 e. The first-order chi connectivity index (χ1) is 15.6. The van der Waals surface area contributed by atoms with Gasteiger partial charge >= 0.3 is 0 Å². The Morgan fingerprint density at radius 2 is 1.55 bits per heavy atom. The van der Waals surface area contributed by atoms with Crippen molar-refractivity contribution in [2.24, 2.45) is 0 Å². The highest BCUT2D eigenvalue weighted by molar-refractivity contribution is 7.89. The van der Waals surface area contributed by atoms with Crippen LogP contribution in [0.4, 0.5) is 5.69 Å². The number of hydrogen-bond donors (Lipinski definition) is 1. The maximum atomic E-state index is 13.1. The lowest BCUT2D eigenvalue weighted by Gasteiger charge is -2.26. The second-order valence-corrected chi connectivity index (χ2v) is 11.9. The second kappa shape index (κ2) is 10.3. The molecule has 0 aromatic heterocycles. The van der Waals surface area contributed by atoms with E-state index in [1.807, 2.05) is 0 Å². The van der Waals surface area contributed by atoms with Crippen molar-refractivity contribution >= 4 is 31.6 Å². The Hall–Kier alpha value is -2.27. The highest BCUT2D eigenvalue weighted by atomic mass is 32.2. The third-order valence-corrected chi connectivity index (χ3v) is 9.94. The van der Waals surface area contributed by atoms with Gasteiger partial charge in [-0.3, -0.25) is 4.79 Å². The normalized spacial score (nSPS) is 15.5. The molecule has 0 atom stereocenters. The predicted octanol–water partition coefficient (Wildman–Crippen LogP) is 3.45. The van der Waals surface area contributed by atoms with E-state index >= 15 is 0 Å². The van der Waals surface area contributed by atoms with Crippen LogP contribution in [0.5, 0.6) is 0 Å². The molecule has 1 heterocycles. The number of amides is 1. The number of rotatable bonds is 8. The third kappa shape index (κ3) is 5.46. The van der Waals surface area contributed by atoms with Crippen molar-refractivity contribution in [2.45, 2.75) is 49.8 Å². The molecule has 33 heavy (non-hydrogen) atoms. The largest absolute Gasteiger partial charge is 0.322 e. The molecule has 2 aromatic rings. The molecule has 10 heteroatoms. The van der Waals surface area contributed by atoms with Crippen LogP contribution in [0.3, 0.4) is 0 Å². The zero-order valence-corrected chi connectivity index (χ0v) is 20.9. The van der Waals surface area contributed by atoms with E-state index in [9.17, 15) is 21.6 Å². The molecular weight excluding hydrogens is 462 g/mol. The monoisotopic (exact) mass is 493 g/mol. The Labute approximate surface area is 196 Å². The Balaban J connectivity index is 1.80. The molecule has 0 aliphatic carbocycles. The van der Waals surface area contributed by atoms with E-state index in [2.05, 4.69) is 5.32 Å². The molecule has 1 aliphatic rings. The number of aryl methyl sites for hydroxylation is 1. The molecule has 0 bridgehead atoms. The second-order valence-electron chi connectivity index (χ2n) is 8.01. The molecular formula is C23H31N3O5S2. The van der Waals surface area contributed by atoms with Gasteiger partial charge in [-0.2, -0.15) is 8.61 Å². The summed E-state index contributed by atoms with van der Waals surface area (Å²) in [4.78, 5) is 13.1. The average Bonchev–Trinajstić information content (AvgIpc) is 2.80. The zero-order valence-electron chi connectivity index (χ0n) is 19.2. The van der Waals surface area contributed by atoms with Crippen LogP contribution < -0.4 is 5.32 Å². The van der Waals surface area contributed by atoms with Gasteiger partial charge in [0, 0.05) is 37.4 Å². The van der Waals surface area contributed by atoms with E-state index in [0.717, 1.165) is 19.3 Å². The number of benzene rings is 2. The van der Waals surface area contributed by atoms with Gasteiger partial charge in [-0.25, -0.2) is 16.8 Å². The SMILES string of the molecule is CCN(CC)S(=O)(=O)c1ccc(NC(=O)c2ccc(C)c(S(=O)(=O)N3CCCCC3)c2)cc1. The smallest absolute Gasteiger partial charge is 0.255 e. The zero-order chi connectivity index (χ0) is 24.2. The van der Waals surface area contributed by atoms with Crippen molar-refractivity contribution in [2.75, 3.05) is 31.5 Å². The Kier molecular flexibility index (Phi) is 7.94. The summed E-state index contributed by atoms with van der Waals surface area (Å²) >= 11 is 0. The van der Waals surface area contributed by atoms with E-state index in [1.165, 1.54) is 38.9 Å². The molecule has 0 spiro atoms. The lowest BCUT2D eigenvalue weighted by atomic mass is 10.1. The van der Waals surface area contributed by atoms with Crippen molar-refractivity contribution in [3.05, 3.63) is 53.6 Å². The summed E-state index contributed by atoms with van der Waals surface area (Å²) in [5.74, 6) is -0.468. The minimum absolute atomic E-state index is 0.137. The average molecular weight is 494 g/mol. The molecule has 0 radical (unpaired) electrons. The minimum atomic E-state index is -3.67. The quantitative estimate of drug-likeness (QED) is 0.607. The molecule has 0 unspecified atom stereocenters. The molecule has 1 aliphatic heterocycles. The highest BCUT2D eigenvalue weighted by Gasteiger charge is 2.28. The van der Waals surface area contributed by atoms with Crippen LogP contribution in [0.25, 0.3) is 0 Å². The van der Waals surface area contributed by atoms with E-state index < -0.39 is 26.0 Å². The van der Waals surface area contributed by atoms with Crippen LogP contribution in [-0.4, -0.2) is 57.5 Å². The van der Waals surface area contributed by atoms with E-state index in [-0.39, 0.29) is 15.4 Å². The third-order valence-electron chi connectivity index (χ3n) is 5.84. The van der Waals surface area contributed by atoms with Crippen molar-refractivity contribution in [3.63, 3.8) is 0 Å². The summed E-state index contributed by atoms with van der Waals surface area (Å²) in [6.45, 7) is 6.98. The first-order valence-corrected chi connectivity index (χ1v) is 14.0.